The van der Waals surface area contributed by atoms with Gasteiger partial charge in [0.2, 0.25) is 0 Å². The second-order valence-electron chi connectivity index (χ2n) is 14.9. The van der Waals surface area contributed by atoms with E-state index in [1.54, 1.807) is 24.3 Å². The second-order valence-corrected chi connectivity index (χ2v) is 16.4. The Bertz CT molecular complexity index is 1730. The largest absolute Gasteiger partial charge is 0.534 e. The molecule has 1 aliphatic heterocycles. The molecule has 0 saturated carbocycles. The molecule has 0 N–H and O–H groups in total. The average molecular weight is 675 g/mol. The number of carbonyl (C=O) groups is 1. The van der Waals surface area contributed by atoms with Gasteiger partial charge < -0.3 is 18.2 Å². The number of hydrogen-bond donors (Lipinski definition) is 0. The predicted molar refractivity (Wildman–Crippen MR) is 177 cm³/mol. The van der Waals surface area contributed by atoms with Crippen LogP contribution in [0.15, 0.2) is 54.6 Å². The smallest absolute Gasteiger partial charge is 0.426 e. The summed E-state index contributed by atoms with van der Waals surface area (Å²) in [7, 11) is -6.80. The van der Waals surface area contributed by atoms with Crippen molar-refractivity contribution in [2.45, 2.75) is 104 Å². The van der Waals surface area contributed by atoms with Crippen molar-refractivity contribution in [3.8, 4) is 33.8 Å². The first-order valence-corrected chi connectivity index (χ1v) is 16.6. The van der Waals surface area contributed by atoms with Crippen LogP contribution in [-0.4, -0.2) is 38.2 Å². The minimum atomic E-state index is -5.95. The molecule has 0 bridgehead atoms. The third kappa shape index (κ3) is 7.55. The van der Waals surface area contributed by atoms with Crippen LogP contribution in [0.1, 0.15) is 87.3 Å². The molecule has 47 heavy (non-hydrogen) atoms. The first kappa shape index (κ1) is 36.5. The van der Waals surface area contributed by atoms with Crippen LogP contribution in [-0.2, 0) is 35.1 Å². The van der Waals surface area contributed by atoms with Crippen LogP contribution in [0.2, 0.25) is 0 Å². The summed E-state index contributed by atoms with van der Waals surface area (Å²) in [5.74, 6) is -0.400. The molecule has 1 aliphatic rings. The highest BCUT2D eigenvalue weighted by atomic mass is 32.2. The van der Waals surface area contributed by atoms with Gasteiger partial charge in [-0.25, -0.2) is 0 Å². The van der Waals surface area contributed by atoms with Gasteiger partial charge in [-0.1, -0.05) is 77.9 Å². The molecule has 0 aromatic heterocycles. The molecule has 254 valence electrons. The summed E-state index contributed by atoms with van der Waals surface area (Å²) in [4.78, 5) is 12.1. The molecule has 1 fully saturated rings. The van der Waals surface area contributed by atoms with Crippen LogP contribution >= 0.6 is 0 Å². The number of ether oxygens (including phenoxy) is 1. The molecule has 0 atom stereocenters. The van der Waals surface area contributed by atoms with Crippen molar-refractivity contribution in [3.05, 3.63) is 65.7 Å². The van der Waals surface area contributed by atoms with Gasteiger partial charge in [-0.15, -0.1) is 0 Å². The zero-order valence-corrected chi connectivity index (χ0v) is 29.5. The maximum atomic E-state index is 13.3. The van der Waals surface area contributed by atoms with Gasteiger partial charge in [0, 0.05) is 23.6 Å². The lowest BCUT2D eigenvalue weighted by atomic mass is 9.77. The molecular weight excluding hydrogens is 632 g/mol. The number of alkyl halides is 3. The summed E-state index contributed by atoms with van der Waals surface area (Å²) in [5.41, 5.74) is -3.47. The maximum absolute atomic E-state index is 13.3. The van der Waals surface area contributed by atoms with Gasteiger partial charge in [-0.3, -0.25) is 4.79 Å². The summed E-state index contributed by atoms with van der Waals surface area (Å²) < 4.78 is 86.8. The Morgan fingerprint density at radius 3 is 1.64 bits per heavy atom. The fourth-order valence-corrected chi connectivity index (χ4v) is 5.62. The van der Waals surface area contributed by atoms with Crippen LogP contribution in [0.4, 0.5) is 13.2 Å². The molecular formula is C35H42BF3O7S. The van der Waals surface area contributed by atoms with Gasteiger partial charge in [-0.05, 0) is 78.9 Å². The van der Waals surface area contributed by atoms with Crippen molar-refractivity contribution in [1.82, 2.24) is 0 Å². The molecule has 3 aromatic rings. The minimum absolute atomic E-state index is 0.104. The van der Waals surface area contributed by atoms with Crippen LogP contribution in [0.3, 0.4) is 0 Å². The van der Waals surface area contributed by atoms with Crippen LogP contribution in [0, 0.1) is 0 Å². The molecule has 12 heteroatoms. The Balaban J connectivity index is 1.86. The highest BCUT2D eigenvalue weighted by molar-refractivity contribution is 7.88. The summed E-state index contributed by atoms with van der Waals surface area (Å²) in [6, 6.07) is 15.0. The van der Waals surface area contributed by atoms with Crippen LogP contribution in [0.5, 0.6) is 11.5 Å². The molecule has 1 saturated heterocycles. The van der Waals surface area contributed by atoms with Gasteiger partial charge in [0.15, 0.2) is 5.75 Å². The van der Waals surface area contributed by atoms with E-state index in [0.29, 0.717) is 16.8 Å². The SMILES string of the molecule is CC(=O)Oc1c(C(C)(C)C)cc(-c2ccc(-c3cc(B4OC(C)(C)C(C)(C)O4)ccc3OS(=O)(=O)C(F)(F)F)cc2)cc1C(C)(C)C. The van der Waals surface area contributed by atoms with E-state index in [-0.39, 0.29) is 16.4 Å². The lowest BCUT2D eigenvalue weighted by Crippen LogP contribution is -2.41. The van der Waals surface area contributed by atoms with Gasteiger partial charge in [-0.2, -0.15) is 21.6 Å². The van der Waals surface area contributed by atoms with Gasteiger partial charge in [0.05, 0.1) is 11.2 Å². The van der Waals surface area contributed by atoms with E-state index in [1.165, 1.54) is 25.1 Å². The highest BCUT2D eigenvalue weighted by Crippen LogP contribution is 2.44. The van der Waals surface area contributed by atoms with E-state index in [1.807, 2.05) is 81.4 Å². The second kappa shape index (κ2) is 12.0. The van der Waals surface area contributed by atoms with E-state index in [4.69, 9.17) is 14.0 Å². The summed E-state index contributed by atoms with van der Waals surface area (Å²) in [6.45, 7) is 21.0. The average Bonchev–Trinajstić information content (AvgIpc) is 3.13. The molecule has 0 spiro atoms. The molecule has 0 amide bonds. The standard InChI is InChI=1S/C35H42BF3O7S/c1-21(40)43-30-27(31(2,3)4)18-24(19-28(30)32(5,6)7)22-12-14-23(15-13-22)26-20-25(36-45-33(8,9)34(10,11)46-36)16-17-29(26)44-47(41,42)35(37,38)39/h12-20H,1-11H3. The predicted octanol–water partition coefficient (Wildman–Crippen LogP) is 8.07. The van der Waals surface area contributed by atoms with Crippen LogP contribution in [0.25, 0.3) is 22.3 Å². The summed E-state index contributed by atoms with van der Waals surface area (Å²) in [5, 5.41) is 0. The van der Waals surface area contributed by atoms with E-state index < -0.39 is 45.7 Å². The van der Waals surface area contributed by atoms with Crippen molar-refractivity contribution in [1.29, 1.82) is 0 Å². The fraction of sp³-hybridized carbons (Fsp3) is 0.457. The molecule has 0 radical (unpaired) electrons. The quantitative estimate of drug-likeness (QED) is 0.0860. The first-order chi connectivity index (χ1) is 21.2. The Morgan fingerprint density at radius 2 is 1.21 bits per heavy atom. The van der Waals surface area contributed by atoms with Crippen LogP contribution < -0.4 is 14.4 Å². The molecule has 0 unspecified atom stereocenters. The third-order valence-electron chi connectivity index (χ3n) is 8.49. The lowest BCUT2D eigenvalue weighted by molar-refractivity contribution is -0.132. The van der Waals surface area contributed by atoms with E-state index in [9.17, 15) is 26.4 Å². The molecule has 0 aliphatic carbocycles. The lowest BCUT2D eigenvalue weighted by Gasteiger charge is -2.32. The number of halogens is 3. The molecule has 4 rings (SSSR count). The van der Waals surface area contributed by atoms with Gasteiger partial charge >= 0.3 is 28.7 Å². The Kier molecular flexibility index (Phi) is 9.29. The third-order valence-corrected chi connectivity index (χ3v) is 9.46. The first-order valence-electron chi connectivity index (χ1n) is 15.2. The number of rotatable bonds is 6. The Hall–Kier alpha value is -3.35. The monoisotopic (exact) mass is 674 g/mol. The minimum Gasteiger partial charge on any atom is -0.426 e. The van der Waals surface area contributed by atoms with Crippen molar-refractivity contribution in [3.63, 3.8) is 0 Å². The molecule has 1 heterocycles. The zero-order valence-electron chi connectivity index (χ0n) is 28.7. The van der Waals surface area contributed by atoms with Crippen molar-refractivity contribution < 1.29 is 44.6 Å². The fourth-order valence-electron chi connectivity index (χ4n) is 5.14. The normalized spacial score (nSPS) is 16.7. The van der Waals surface area contributed by atoms with E-state index in [0.717, 1.165) is 22.3 Å². The number of benzene rings is 3. The van der Waals surface area contributed by atoms with Crippen molar-refractivity contribution in [2.75, 3.05) is 0 Å². The topological polar surface area (TPSA) is 88.1 Å². The Morgan fingerprint density at radius 1 is 0.745 bits per heavy atom. The zero-order chi connectivity index (χ0) is 35.5. The molecule has 3 aromatic carbocycles. The van der Waals surface area contributed by atoms with Crippen molar-refractivity contribution in [2.24, 2.45) is 0 Å². The molecule has 7 nitrogen and oxygen atoms in total. The summed E-state index contributed by atoms with van der Waals surface area (Å²) >= 11 is 0. The number of carbonyl (C=O) groups excluding carboxylic acids is 1. The van der Waals surface area contributed by atoms with E-state index in [2.05, 4.69) is 4.18 Å². The van der Waals surface area contributed by atoms with E-state index >= 15 is 0 Å². The van der Waals surface area contributed by atoms with Crippen molar-refractivity contribution >= 4 is 28.7 Å². The summed E-state index contributed by atoms with van der Waals surface area (Å²) in [6.07, 6.45) is 0. The maximum Gasteiger partial charge on any atom is 0.534 e. The van der Waals surface area contributed by atoms with Gasteiger partial charge in [0.1, 0.15) is 5.75 Å². The highest BCUT2D eigenvalue weighted by Gasteiger charge is 2.52. The number of esters is 1. The Labute approximate surface area is 276 Å². The number of hydrogen-bond acceptors (Lipinski definition) is 7. The van der Waals surface area contributed by atoms with Gasteiger partial charge in [0.25, 0.3) is 0 Å².